The van der Waals surface area contributed by atoms with Crippen molar-refractivity contribution in [2.45, 2.75) is 13.8 Å². The van der Waals surface area contributed by atoms with Crippen LogP contribution in [-0.2, 0) is 0 Å². The minimum absolute atomic E-state index is 0.122. The predicted octanol–water partition coefficient (Wildman–Crippen LogP) is 2.41. The van der Waals surface area contributed by atoms with Crippen LogP contribution in [0.1, 0.15) is 28.7 Å². The lowest BCUT2D eigenvalue weighted by Gasteiger charge is -2.06. The Kier molecular flexibility index (Phi) is 3.26. The van der Waals surface area contributed by atoms with Crippen LogP contribution in [0.4, 0.5) is 0 Å². The Morgan fingerprint density at radius 3 is 2.72 bits per heavy atom. The summed E-state index contributed by atoms with van der Waals surface area (Å²) >= 11 is 3.38. The summed E-state index contributed by atoms with van der Waals surface area (Å²) in [5, 5.41) is 16.6. The highest BCUT2D eigenvalue weighted by Gasteiger charge is 2.15. The van der Waals surface area contributed by atoms with Gasteiger partial charge in [0.25, 0.3) is 0 Å². The smallest absolute Gasteiger partial charge is 0.181 e. The van der Waals surface area contributed by atoms with E-state index in [2.05, 4.69) is 32.3 Å². The molecular weight excluding hydrogens is 296 g/mol. The molecule has 0 aliphatic carbocycles. The Morgan fingerprint density at radius 1 is 1.50 bits per heavy atom. The van der Waals surface area contributed by atoms with Gasteiger partial charge in [-0.2, -0.15) is 5.26 Å². The first kappa shape index (κ1) is 12.5. The van der Waals surface area contributed by atoms with E-state index in [1.54, 1.807) is 29.8 Å². The number of hydrogen-bond donors (Lipinski definition) is 0. The Bertz CT molecular complexity index is 669. The molecule has 0 fully saturated rings. The zero-order chi connectivity index (χ0) is 13.3. The molecule has 2 rings (SSSR count). The number of halogens is 1. The predicted molar refractivity (Wildman–Crippen MR) is 68.5 cm³/mol. The van der Waals surface area contributed by atoms with Gasteiger partial charge in [0, 0.05) is 11.4 Å². The van der Waals surface area contributed by atoms with Crippen molar-refractivity contribution in [1.82, 2.24) is 15.0 Å². The van der Waals surface area contributed by atoms with E-state index in [4.69, 9.17) is 5.26 Å². The van der Waals surface area contributed by atoms with Gasteiger partial charge in [0.15, 0.2) is 11.5 Å². The van der Waals surface area contributed by atoms with Crippen molar-refractivity contribution < 1.29 is 4.79 Å². The molecule has 2 aromatic rings. The monoisotopic (exact) mass is 304 g/mol. The second kappa shape index (κ2) is 4.70. The maximum absolute atomic E-state index is 11.3. The van der Waals surface area contributed by atoms with Crippen molar-refractivity contribution in [2.75, 3.05) is 0 Å². The lowest BCUT2D eigenvalue weighted by Crippen LogP contribution is -2.02. The zero-order valence-electron chi connectivity index (χ0n) is 9.81. The average Bonchev–Trinajstić information content (AvgIpc) is 2.71. The molecule has 18 heavy (non-hydrogen) atoms. The highest BCUT2D eigenvalue weighted by atomic mass is 79.9. The van der Waals surface area contributed by atoms with Crippen molar-refractivity contribution in [2.24, 2.45) is 0 Å². The van der Waals surface area contributed by atoms with Gasteiger partial charge in [0.1, 0.15) is 0 Å². The Balaban J connectivity index is 2.57. The molecule has 90 valence electrons. The number of carbonyl (C=O) groups excluding carboxylic acids is 1. The van der Waals surface area contributed by atoms with Crippen LogP contribution in [0, 0.1) is 18.3 Å². The van der Waals surface area contributed by atoms with Gasteiger partial charge in [0.2, 0.25) is 0 Å². The molecule has 6 heteroatoms. The summed E-state index contributed by atoms with van der Waals surface area (Å²) in [5.74, 6) is -0.122. The van der Waals surface area contributed by atoms with E-state index in [-0.39, 0.29) is 5.78 Å². The minimum Gasteiger partial charge on any atom is -0.293 e. The molecule has 0 bridgehead atoms. The van der Waals surface area contributed by atoms with Crippen LogP contribution in [-0.4, -0.2) is 20.8 Å². The normalized spacial score (nSPS) is 10.1. The fourth-order valence-corrected chi connectivity index (χ4v) is 2.18. The summed E-state index contributed by atoms with van der Waals surface area (Å²) in [5.41, 5.74) is 2.32. The molecule has 0 N–H and O–H groups in total. The Hall–Kier alpha value is -2.00. The van der Waals surface area contributed by atoms with Crippen molar-refractivity contribution >= 4 is 21.7 Å². The second-order valence-electron chi connectivity index (χ2n) is 3.77. The van der Waals surface area contributed by atoms with E-state index in [1.807, 2.05) is 0 Å². The van der Waals surface area contributed by atoms with E-state index < -0.39 is 0 Å². The number of benzene rings is 1. The molecule has 0 spiro atoms. The summed E-state index contributed by atoms with van der Waals surface area (Å²) in [4.78, 5) is 11.3. The lowest BCUT2D eigenvalue weighted by molar-refractivity contribution is 0.101. The van der Waals surface area contributed by atoms with Gasteiger partial charge in [-0.25, -0.2) is 4.68 Å². The maximum Gasteiger partial charge on any atom is 0.181 e. The number of ketones is 1. The summed E-state index contributed by atoms with van der Waals surface area (Å²) in [7, 11) is 0. The molecule has 0 saturated heterocycles. The van der Waals surface area contributed by atoms with Crippen molar-refractivity contribution in [3.8, 4) is 11.8 Å². The molecule has 1 aromatic heterocycles. The largest absolute Gasteiger partial charge is 0.293 e. The van der Waals surface area contributed by atoms with E-state index in [0.717, 1.165) is 10.2 Å². The van der Waals surface area contributed by atoms with Gasteiger partial charge < -0.3 is 0 Å². The lowest BCUT2D eigenvalue weighted by atomic mass is 10.2. The molecule has 0 unspecified atom stereocenters. The first-order chi connectivity index (χ1) is 8.54. The van der Waals surface area contributed by atoms with Crippen molar-refractivity contribution in [1.29, 1.82) is 5.26 Å². The van der Waals surface area contributed by atoms with Crippen LogP contribution in [0.25, 0.3) is 5.69 Å². The first-order valence-electron chi connectivity index (χ1n) is 5.18. The fourth-order valence-electron chi connectivity index (χ4n) is 1.63. The minimum atomic E-state index is -0.122. The van der Waals surface area contributed by atoms with Crippen LogP contribution < -0.4 is 0 Å². The third-order valence-corrected chi connectivity index (χ3v) is 3.17. The molecule has 0 radical (unpaired) electrons. The van der Waals surface area contributed by atoms with E-state index in [0.29, 0.717) is 17.0 Å². The SMILES string of the molecule is CC(=O)c1nnn(-c2ccc(C#N)cc2Br)c1C. The highest BCUT2D eigenvalue weighted by molar-refractivity contribution is 9.10. The van der Waals surface area contributed by atoms with Gasteiger partial charge >= 0.3 is 0 Å². The molecule has 1 aromatic carbocycles. The molecular formula is C12H9BrN4O. The third-order valence-electron chi connectivity index (χ3n) is 2.53. The number of rotatable bonds is 2. The van der Waals surface area contributed by atoms with Gasteiger partial charge in [-0.05, 0) is 41.1 Å². The fraction of sp³-hybridized carbons (Fsp3) is 0.167. The number of nitriles is 1. The number of aromatic nitrogens is 3. The van der Waals surface area contributed by atoms with Gasteiger partial charge in [-0.3, -0.25) is 4.79 Å². The quantitative estimate of drug-likeness (QED) is 0.799. The summed E-state index contributed by atoms with van der Waals surface area (Å²) in [6, 6.07) is 7.20. The number of Topliss-reactive ketones (excluding diaryl/α,β-unsaturated/α-hetero) is 1. The standard InChI is InChI=1S/C12H9BrN4O/c1-7-12(8(2)18)15-16-17(7)11-4-3-9(6-14)5-10(11)13/h3-5H,1-2H3. The molecule has 0 saturated carbocycles. The van der Waals surface area contributed by atoms with Gasteiger partial charge in [0.05, 0.1) is 23.0 Å². The molecule has 5 nitrogen and oxygen atoms in total. The number of nitrogens with zero attached hydrogens (tertiary/aromatic N) is 4. The number of carbonyl (C=O) groups is 1. The zero-order valence-corrected chi connectivity index (χ0v) is 11.4. The van der Waals surface area contributed by atoms with Crippen LogP contribution in [0.3, 0.4) is 0 Å². The number of hydrogen-bond acceptors (Lipinski definition) is 4. The van der Waals surface area contributed by atoms with Gasteiger partial charge in [-0.15, -0.1) is 5.10 Å². The van der Waals surface area contributed by atoms with Crippen molar-refractivity contribution in [3.05, 3.63) is 39.6 Å². The Morgan fingerprint density at radius 2 is 2.22 bits per heavy atom. The van der Waals surface area contributed by atoms with Crippen LogP contribution in [0.5, 0.6) is 0 Å². The molecule has 0 amide bonds. The van der Waals surface area contributed by atoms with Crippen LogP contribution in [0.2, 0.25) is 0 Å². The highest BCUT2D eigenvalue weighted by Crippen LogP contribution is 2.23. The molecule has 0 aliphatic heterocycles. The van der Waals surface area contributed by atoms with Crippen molar-refractivity contribution in [3.63, 3.8) is 0 Å². The molecule has 1 heterocycles. The average molecular weight is 305 g/mol. The molecule has 0 aliphatic rings. The van der Waals surface area contributed by atoms with Crippen LogP contribution in [0.15, 0.2) is 22.7 Å². The Labute approximate surface area is 112 Å². The van der Waals surface area contributed by atoms with E-state index in [1.165, 1.54) is 6.92 Å². The summed E-state index contributed by atoms with van der Waals surface area (Å²) in [6.45, 7) is 3.23. The second-order valence-corrected chi connectivity index (χ2v) is 4.62. The topological polar surface area (TPSA) is 71.6 Å². The maximum atomic E-state index is 11.3. The van der Waals surface area contributed by atoms with E-state index >= 15 is 0 Å². The van der Waals surface area contributed by atoms with E-state index in [9.17, 15) is 4.79 Å². The molecule has 0 atom stereocenters. The summed E-state index contributed by atoms with van der Waals surface area (Å²) in [6.07, 6.45) is 0. The van der Waals surface area contributed by atoms with Crippen LogP contribution >= 0.6 is 15.9 Å². The first-order valence-corrected chi connectivity index (χ1v) is 5.97. The van der Waals surface area contributed by atoms with Gasteiger partial charge in [-0.1, -0.05) is 5.21 Å². The third kappa shape index (κ3) is 2.05. The summed E-state index contributed by atoms with van der Waals surface area (Å²) < 4.78 is 2.30.